The van der Waals surface area contributed by atoms with Gasteiger partial charge in [0.2, 0.25) is 11.5 Å². The molecule has 0 aliphatic rings. The van der Waals surface area contributed by atoms with E-state index in [-0.39, 0.29) is 46.0 Å². The maximum absolute atomic E-state index is 10.2. The zero-order valence-electron chi connectivity index (χ0n) is 20.1. The molecule has 0 fully saturated rings. The summed E-state index contributed by atoms with van der Waals surface area (Å²) in [7, 11) is 2.79. The van der Waals surface area contributed by atoms with E-state index >= 15 is 0 Å². The van der Waals surface area contributed by atoms with Gasteiger partial charge in [0, 0.05) is 9.79 Å². The minimum atomic E-state index is -0.345. The van der Waals surface area contributed by atoms with Gasteiger partial charge in [-0.3, -0.25) is 0 Å². The van der Waals surface area contributed by atoms with Gasteiger partial charge in [0.05, 0.1) is 14.2 Å². The zero-order chi connectivity index (χ0) is 26.7. The summed E-state index contributed by atoms with van der Waals surface area (Å²) in [6, 6.07) is 16.1. The van der Waals surface area contributed by atoms with Crippen molar-refractivity contribution in [1.29, 1.82) is 0 Å². The van der Waals surface area contributed by atoms with Crippen LogP contribution >= 0.6 is 11.8 Å². The molecule has 4 rings (SSSR count). The van der Waals surface area contributed by atoms with Crippen LogP contribution in [-0.4, -0.2) is 44.9 Å². The fraction of sp³-hybridized carbons (Fsp3) is 0.143. The molecule has 0 saturated heterocycles. The molecule has 9 heteroatoms. The number of hydrogen-bond acceptors (Lipinski definition) is 9. The monoisotopic (exact) mass is 522 g/mol. The Hall–Kier alpha value is -4.37. The number of methoxy groups -OCH3 is 2. The molecule has 0 heterocycles. The summed E-state index contributed by atoms with van der Waals surface area (Å²) in [4.78, 5) is 1.64. The highest BCUT2D eigenvalue weighted by Crippen LogP contribution is 2.41. The standard InChI is InChI=1S/C28H26O8S/c1-35-23-11-15(9-21(31)27(23)33)7-17-13-19(29)3-5-25(17)37-26-6-4-20(30)14-18(26)8-16-10-22(32)28(34)24(12-16)36-2/h3-6,9-14,29-34H,7-8H2,1-2H3. The number of phenols is 6. The first-order valence-electron chi connectivity index (χ1n) is 11.2. The molecule has 0 aliphatic carbocycles. The largest absolute Gasteiger partial charge is 0.508 e. The van der Waals surface area contributed by atoms with E-state index in [9.17, 15) is 30.6 Å². The van der Waals surface area contributed by atoms with Gasteiger partial charge in [0.15, 0.2) is 23.0 Å². The Balaban J connectivity index is 1.69. The molecule has 0 spiro atoms. The van der Waals surface area contributed by atoms with Crippen LogP contribution in [0.25, 0.3) is 0 Å². The highest BCUT2D eigenvalue weighted by Gasteiger charge is 2.16. The van der Waals surface area contributed by atoms with E-state index in [4.69, 9.17) is 9.47 Å². The Bertz CT molecular complexity index is 1340. The number of rotatable bonds is 8. The van der Waals surface area contributed by atoms with Crippen molar-refractivity contribution in [2.24, 2.45) is 0 Å². The second kappa shape index (κ2) is 10.7. The fourth-order valence-corrected chi connectivity index (χ4v) is 5.01. The van der Waals surface area contributed by atoms with Crippen molar-refractivity contribution in [3.05, 3.63) is 82.9 Å². The number of benzene rings is 4. The molecule has 37 heavy (non-hydrogen) atoms. The van der Waals surface area contributed by atoms with Crippen LogP contribution in [0.4, 0.5) is 0 Å². The number of aromatic hydroxyl groups is 6. The van der Waals surface area contributed by atoms with E-state index < -0.39 is 0 Å². The molecule has 0 aromatic heterocycles. The van der Waals surface area contributed by atoms with Gasteiger partial charge >= 0.3 is 0 Å². The Morgan fingerprint density at radius 2 is 0.973 bits per heavy atom. The Morgan fingerprint density at radius 3 is 1.35 bits per heavy atom. The molecule has 8 nitrogen and oxygen atoms in total. The van der Waals surface area contributed by atoms with Crippen molar-refractivity contribution in [3.8, 4) is 46.0 Å². The number of ether oxygens (including phenoxy) is 2. The summed E-state index contributed by atoms with van der Waals surface area (Å²) in [6.45, 7) is 0. The SMILES string of the molecule is COc1cc(Cc2cc(O)ccc2Sc2ccc(O)cc2Cc2cc(O)c(O)c(OC)c2)cc(O)c1O. The van der Waals surface area contributed by atoms with Gasteiger partial charge in [0.25, 0.3) is 0 Å². The van der Waals surface area contributed by atoms with E-state index in [1.165, 1.54) is 38.1 Å². The normalized spacial score (nSPS) is 10.9. The molecule has 0 saturated carbocycles. The third-order valence-electron chi connectivity index (χ3n) is 5.77. The average molecular weight is 523 g/mol. The average Bonchev–Trinajstić information content (AvgIpc) is 2.86. The molecule has 4 aromatic rings. The molecule has 6 N–H and O–H groups in total. The van der Waals surface area contributed by atoms with Crippen LogP contribution in [0.5, 0.6) is 46.0 Å². The maximum atomic E-state index is 10.2. The van der Waals surface area contributed by atoms with E-state index in [2.05, 4.69) is 0 Å². The lowest BCUT2D eigenvalue weighted by atomic mass is 10.0. The summed E-state index contributed by atoms with van der Waals surface area (Å²) in [5.74, 6) is -0.881. The Kier molecular flexibility index (Phi) is 7.45. The fourth-order valence-electron chi connectivity index (χ4n) is 3.98. The lowest BCUT2D eigenvalue weighted by molar-refractivity contribution is 0.350. The van der Waals surface area contributed by atoms with Gasteiger partial charge in [-0.25, -0.2) is 0 Å². The summed E-state index contributed by atoms with van der Waals surface area (Å²) in [5.41, 5.74) is 2.86. The van der Waals surface area contributed by atoms with E-state index in [0.29, 0.717) is 24.0 Å². The molecular weight excluding hydrogens is 496 g/mol. The highest BCUT2D eigenvalue weighted by atomic mass is 32.2. The summed E-state index contributed by atoms with van der Waals surface area (Å²) in [6.07, 6.45) is 0.661. The Morgan fingerprint density at radius 1 is 0.568 bits per heavy atom. The van der Waals surface area contributed by atoms with Crippen molar-refractivity contribution in [3.63, 3.8) is 0 Å². The van der Waals surface area contributed by atoms with Gasteiger partial charge in [-0.2, -0.15) is 0 Å². The van der Waals surface area contributed by atoms with Crippen molar-refractivity contribution >= 4 is 11.8 Å². The topological polar surface area (TPSA) is 140 Å². The van der Waals surface area contributed by atoms with Crippen LogP contribution < -0.4 is 9.47 Å². The molecule has 4 aromatic carbocycles. The van der Waals surface area contributed by atoms with E-state index in [0.717, 1.165) is 20.9 Å². The molecule has 0 bridgehead atoms. The van der Waals surface area contributed by atoms with Crippen molar-refractivity contribution in [2.75, 3.05) is 14.2 Å². The van der Waals surface area contributed by atoms with Gasteiger partial charge in [-0.15, -0.1) is 0 Å². The number of hydrogen-bond donors (Lipinski definition) is 6. The van der Waals surface area contributed by atoms with Crippen LogP contribution in [-0.2, 0) is 12.8 Å². The molecule has 192 valence electrons. The summed E-state index contributed by atoms with van der Waals surface area (Å²) >= 11 is 1.42. The smallest absolute Gasteiger partial charge is 0.200 e. The minimum absolute atomic E-state index is 0.0758. The summed E-state index contributed by atoms with van der Waals surface area (Å²) < 4.78 is 10.3. The molecule has 0 unspecified atom stereocenters. The van der Waals surface area contributed by atoms with Crippen LogP contribution in [0, 0.1) is 0 Å². The van der Waals surface area contributed by atoms with Crippen molar-refractivity contribution in [2.45, 2.75) is 22.6 Å². The molecule has 0 atom stereocenters. The molecule has 0 radical (unpaired) electrons. The molecule has 0 aliphatic heterocycles. The van der Waals surface area contributed by atoms with Gasteiger partial charge in [-0.05, 0) is 95.8 Å². The third kappa shape index (κ3) is 5.73. The predicted octanol–water partition coefficient (Wildman–Crippen LogP) is 5.27. The van der Waals surface area contributed by atoms with Crippen LogP contribution in [0.1, 0.15) is 22.3 Å². The molecule has 0 amide bonds. The quantitative estimate of drug-likeness (QED) is 0.171. The van der Waals surface area contributed by atoms with E-state index in [1.807, 2.05) is 0 Å². The lowest BCUT2D eigenvalue weighted by Crippen LogP contribution is -1.96. The predicted molar refractivity (Wildman–Crippen MR) is 139 cm³/mol. The van der Waals surface area contributed by atoms with Gasteiger partial charge < -0.3 is 40.1 Å². The van der Waals surface area contributed by atoms with Gasteiger partial charge in [0.1, 0.15) is 11.5 Å². The van der Waals surface area contributed by atoms with E-state index in [1.54, 1.807) is 48.5 Å². The van der Waals surface area contributed by atoms with Gasteiger partial charge in [-0.1, -0.05) is 11.8 Å². The zero-order valence-corrected chi connectivity index (χ0v) is 20.9. The highest BCUT2D eigenvalue weighted by molar-refractivity contribution is 7.99. The first-order valence-corrected chi connectivity index (χ1v) is 12.0. The lowest BCUT2D eigenvalue weighted by Gasteiger charge is -2.15. The second-order valence-electron chi connectivity index (χ2n) is 8.37. The Labute approximate surface area is 217 Å². The third-order valence-corrected chi connectivity index (χ3v) is 7.00. The van der Waals surface area contributed by atoms with Crippen LogP contribution in [0.15, 0.2) is 70.5 Å². The first kappa shape index (κ1) is 25.7. The van der Waals surface area contributed by atoms with Crippen LogP contribution in [0.2, 0.25) is 0 Å². The van der Waals surface area contributed by atoms with Crippen molar-refractivity contribution < 1.29 is 40.1 Å². The summed E-state index contributed by atoms with van der Waals surface area (Å²) in [5, 5.41) is 60.3. The second-order valence-corrected chi connectivity index (χ2v) is 9.46. The maximum Gasteiger partial charge on any atom is 0.200 e. The molecular formula is C28H26O8S. The minimum Gasteiger partial charge on any atom is -0.508 e. The van der Waals surface area contributed by atoms with Crippen molar-refractivity contribution in [1.82, 2.24) is 0 Å². The number of phenolic OH excluding ortho intramolecular Hbond substituents is 6. The van der Waals surface area contributed by atoms with Crippen LogP contribution in [0.3, 0.4) is 0 Å². The first-order chi connectivity index (χ1) is 17.7.